The maximum absolute atomic E-state index is 12.4. The molecule has 2 aliphatic heterocycles. The molecule has 1 N–H and O–H groups in total. The minimum Gasteiger partial charge on any atom is -0.316 e. The normalized spacial score (nSPS) is 24.1. The summed E-state index contributed by atoms with van der Waals surface area (Å²) in [6.45, 7) is 7.06. The average Bonchev–Trinajstić information content (AvgIpc) is 2.94. The van der Waals surface area contributed by atoms with Crippen molar-refractivity contribution in [1.29, 1.82) is 0 Å². The molecule has 0 aromatic carbocycles. The average molecular weight is 289 g/mol. The summed E-state index contributed by atoms with van der Waals surface area (Å²) in [5, 5.41) is 3.44. The van der Waals surface area contributed by atoms with E-state index in [9.17, 15) is 8.42 Å². The number of nitrogens with one attached hydrogen (secondary N) is 1. The van der Waals surface area contributed by atoms with E-state index in [1.54, 1.807) is 8.61 Å². The quantitative estimate of drug-likeness (QED) is 0.743. The molecular formula is C13H27N3O2S. The summed E-state index contributed by atoms with van der Waals surface area (Å²) in [4.78, 5) is 0. The molecule has 2 fully saturated rings. The molecule has 0 spiro atoms. The van der Waals surface area contributed by atoms with E-state index in [1.165, 1.54) is 0 Å². The number of hydrogen-bond donors (Lipinski definition) is 1. The van der Waals surface area contributed by atoms with Gasteiger partial charge in [0.05, 0.1) is 0 Å². The third kappa shape index (κ3) is 3.90. The third-order valence-corrected chi connectivity index (χ3v) is 6.19. The van der Waals surface area contributed by atoms with Crippen LogP contribution >= 0.6 is 0 Å². The van der Waals surface area contributed by atoms with E-state index in [0.29, 0.717) is 32.1 Å². The maximum Gasteiger partial charge on any atom is 0.281 e. The van der Waals surface area contributed by atoms with Gasteiger partial charge in [-0.1, -0.05) is 6.92 Å². The Labute approximate surface area is 117 Å². The van der Waals surface area contributed by atoms with Crippen LogP contribution in [0, 0.1) is 5.92 Å². The Kier molecular flexibility index (Phi) is 5.62. The second-order valence-electron chi connectivity index (χ2n) is 5.66. The molecule has 0 amide bonds. The van der Waals surface area contributed by atoms with E-state index >= 15 is 0 Å². The summed E-state index contributed by atoms with van der Waals surface area (Å²) in [6.07, 6.45) is 5.16. The van der Waals surface area contributed by atoms with Gasteiger partial charge in [0.25, 0.3) is 10.2 Å². The fourth-order valence-corrected chi connectivity index (χ4v) is 4.63. The van der Waals surface area contributed by atoms with Crippen molar-refractivity contribution >= 4 is 10.2 Å². The van der Waals surface area contributed by atoms with Crippen LogP contribution < -0.4 is 5.32 Å². The predicted octanol–water partition coefficient (Wildman–Crippen LogP) is 1.04. The Hall–Kier alpha value is -0.170. The van der Waals surface area contributed by atoms with E-state index < -0.39 is 10.2 Å². The fourth-order valence-electron chi connectivity index (χ4n) is 2.91. The van der Waals surface area contributed by atoms with Gasteiger partial charge >= 0.3 is 0 Å². The van der Waals surface area contributed by atoms with Crippen LogP contribution in [0.5, 0.6) is 0 Å². The molecule has 0 aromatic rings. The highest BCUT2D eigenvalue weighted by molar-refractivity contribution is 7.86. The first-order valence-electron chi connectivity index (χ1n) is 7.60. The topological polar surface area (TPSA) is 52.7 Å². The monoisotopic (exact) mass is 289 g/mol. The van der Waals surface area contributed by atoms with Crippen molar-refractivity contribution in [3.63, 3.8) is 0 Å². The standard InChI is InChI=1S/C13H27N3O2S/c1-2-7-14-12-13-5-10-16(11-6-13)19(17,18)15-8-3-4-9-15/h13-14H,2-12H2,1H3. The second-order valence-corrected chi connectivity index (χ2v) is 7.59. The van der Waals surface area contributed by atoms with Gasteiger partial charge in [-0.2, -0.15) is 17.0 Å². The van der Waals surface area contributed by atoms with Crippen LogP contribution in [-0.2, 0) is 10.2 Å². The summed E-state index contributed by atoms with van der Waals surface area (Å²) in [7, 11) is -3.16. The molecule has 112 valence electrons. The summed E-state index contributed by atoms with van der Waals surface area (Å²) in [5.74, 6) is 0.636. The van der Waals surface area contributed by atoms with Gasteiger partial charge < -0.3 is 5.32 Å². The third-order valence-electron chi connectivity index (χ3n) is 4.15. The second kappa shape index (κ2) is 7.02. The van der Waals surface area contributed by atoms with E-state index in [4.69, 9.17) is 0 Å². The zero-order chi connectivity index (χ0) is 13.7. The van der Waals surface area contributed by atoms with Crippen molar-refractivity contribution in [2.75, 3.05) is 39.3 Å². The molecule has 0 atom stereocenters. The first-order chi connectivity index (χ1) is 9.14. The molecule has 0 radical (unpaired) electrons. The fraction of sp³-hybridized carbons (Fsp3) is 1.00. The van der Waals surface area contributed by atoms with Crippen LogP contribution in [-0.4, -0.2) is 56.3 Å². The molecule has 6 heteroatoms. The van der Waals surface area contributed by atoms with Crippen molar-refractivity contribution in [3.05, 3.63) is 0 Å². The minimum absolute atomic E-state index is 0.636. The van der Waals surface area contributed by atoms with E-state index in [2.05, 4.69) is 12.2 Å². The first-order valence-corrected chi connectivity index (χ1v) is 9.00. The molecule has 2 aliphatic rings. The van der Waals surface area contributed by atoms with Crippen LogP contribution in [0.1, 0.15) is 39.0 Å². The van der Waals surface area contributed by atoms with Gasteiger partial charge in [-0.15, -0.1) is 0 Å². The van der Waals surface area contributed by atoms with Crippen molar-refractivity contribution in [3.8, 4) is 0 Å². The number of nitrogens with zero attached hydrogens (tertiary/aromatic N) is 2. The smallest absolute Gasteiger partial charge is 0.281 e. The molecule has 0 saturated carbocycles. The lowest BCUT2D eigenvalue weighted by Gasteiger charge is -2.33. The molecular weight excluding hydrogens is 262 g/mol. The van der Waals surface area contributed by atoms with Crippen molar-refractivity contribution in [1.82, 2.24) is 13.9 Å². The van der Waals surface area contributed by atoms with Gasteiger partial charge in [-0.05, 0) is 51.1 Å². The maximum atomic E-state index is 12.4. The van der Waals surface area contributed by atoms with Gasteiger partial charge in [-0.25, -0.2) is 0 Å². The molecule has 19 heavy (non-hydrogen) atoms. The van der Waals surface area contributed by atoms with Crippen LogP contribution in [0.2, 0.25) is 0 Å². The van der Waals surface area contributed by atoms with Gasteiger partial charge in [0.15, 0.2) is 0 Å². The van der Waals surface area contributed by atoms with Crippen molar-refractivity contribution < 1.29 is 8.42 Å². The lowest BCUT2D eigenvalue weighted by Crippen LogP contribution is -2.47. The molecule has 0 unspecified atom stereocenters. The molecule has 0 bridgehead atoms. The molecule has 2 rings (SSSR count). The highest BCUT2D eigenvalue weighted by Crippen LogP contribution is 2.23. The molecule has 2 heterocycles. The largest absolute Gasteiger partial charge is 0.316 e. The minimum atomic E-state index is -3.16. The molecule has 5 nitrogen and oxygen atoms in total. The van der Waals surface area contributed by atoms with Gasteiger partial charge in [-0.3, -0.25) is 0 Å². The first kappa shape index (κ1) is 15.2. The van der Waals surface area contributed by atoms with E-state index in [1.807, 2.05) is 0 Å². The molecule has 2 saturated heterocycles. The van der Waals surface area contributed by atoms with Gasteiger partial charge in [0.2, 0.25) is 0 Å². The van der Waals surface area contributed by atoms with Crippen LogP contribution in [0.25, 0.3) is 0 Å². The van der Waals surface area contributed by atoms with Crippen LogP contribution in [0.3, 0.4) is 0 Å². The van der Waals surface area contributed by atoms with E-state index in [-0.39, 0.29) is 0 Å². The zero-order valence-electron chi connectivity index (χ0n) is 12.0. The molecule has 0 aromatic heterocycles. The molecule has 0 aliphatic carbocycles. The number of piperidine rings is 1. The lowest BCUT2D eigenvalue weighted by atomic mass is 9.98. The van der Waals surface area contributed by atoms with E-state index in [0.717, 1.165) is 45.2 Å². The summed E-state index contributed by atoms with van der Waals surface area (Å²) in [6, 6.07) is 0. The Balaban J connectivity index is 1.79. The highest BCUT2D eigenvalue weighted by Gasteiger charge is 2.33. The zero-order valence-corrected chi connectivity index (χ0v) is 12.8. The van der Waals surface area contributed by atoms with Crippen LogP contribution in [0.15, 0.2) is 0 Å². The summed E-state index contributed by atoms with van der Waals surface area (Å²) >= 11 is 0. The summed E-state index contributed by atoms with van der Waals surface area (Å²) in [5.41, 5.74) is 0. The van der Waals surface area contributed by atoms with Gasteiger partial charge in [0.1, 0.15) is 0 Å². The number of hydrogen-bond acceptors (Lipinski definition) is 3. The summed E-state index contributed by atoms with van der Waals surface area (Å²) < 4.78 is 28.1. The number of rotatable bonds is 6. The van der Waals surface area contributed by atoms with Gasteiger partial charge in [0, 0.05) is 26.2 Å². The Bertz CT molecular complexity index is 358. The Morgan fingerprint density at radius 3 is 2.21 bits per heavy atom. The predicted molar refractivity (Wildman–Crippen MR) is 77.2 cm³/mol. The Morgan fingerprint density at radius 1 is 1.05 bits per heavy atom. The van der Waals surface area contributed by atoms with Crippen molar-refractivity contribution in [2.45, 2.75) is 39.0 Å². The Morgan fingerprint density at radius 2 is 1.63 bits per heavy atom. The SMILES string of the molecule is CCCNCC1CCN(S(=O)(=O)N2CCCC2)CC1. The van der Waals surface area contributed by atoms with Crippen molar-refractivity contribution in [2.24, 2.45) is 5.92 Å². The lowest BCUT2D eigenvalue weighted by molar-refractivity contribution is 0.254. The highest BCUT2D eigenvalue weighted by atomic mass is 32.2. The van der Waals surface area contributed by atoms with Crippen LogP contribution in [0.4, 0.5) is 0 Å².